The number of hydrogen-bond acceptors (Lipinski definition) is 3. The van der Waals surface area contributed by atoms with Crippen LogP contribution in [0.2, 0.25) is 0 Å². The van der Waals surface area contributed by atoms with E-state index in [1.165, 1.54) is 0 Å². The first-order chi connectivity index (χ1) is 4.45. The van der Waals surface area contributed by atoms with Crippen molar-refractivity contribution in [3.8, 4) is 0 Å². The zero-order valence-electron chi connectivity index (χ0n) is 5.27. The van der Waals surface area contributed by atoms with Crippen LogP contribution in [0.15, 0.2) is 12.7 Å². The average molecular weight is 167 g/mol. The largest absolute Gasteiger partial charge is 0.375 e. The summed E-state index contributed by atoms with van der Waals surface area (Å²) in [6.45, 7) is 3.20. The van der Waals surface area contributed by atoms with Gasteiger partial charge < -0.3 is 14.9 Å². The fraction of sp³-hybridized carbons (Fsp3) is 0.500. The molecule has 0 aromatic carbocycles. The molecule has 0 spiro atoms. The highest BCUT2D eigenvalue weighted by Gasteiger charge is 2.12. The minimum absolute atomic E-state index is 0.541. The van der Waals surface area contributed by atoms with Gasteiger partial charge in [0.2, 0.25) is 0 Å². The maximum absolute atomic E-state index is 10.1. The molecule has 1 atom stereocenters. The molecule has 0 aliphatic heterocycles. The predicted octanol–water partition coefficient (Wildman–Crippen LogP) is -0.784. The smallest absolute Gasteiger partial charge is 0.339 e. The van der Waals surface area contributed by atoms with Gasteiger partial charge in [0.1, 0.15) is 12.5 Å². The van der Waals surface area contributed by atoms with E-state index in [9.17, 15) is 4.57 Å². The van der Waals surface area contributed by atoms with Crippen molar-refractivity contribution in [1.82, 2.24) is 5.32 Å². The molecule has 0 bridgehead atoms. The van der Waals surface area contributed by atoms with Crippen LogP contribution in [-0.2, 0) is 4.57 Å². The third kappa shape index (κ3) is 5.94. The predicted molar refractivity (Wildman–Crippen MR) is 36.3 cm³/mol. The lowest BCUT2D eigenvalue weighted by Gasteiger charge is -2.08. The third-order valence-electron chi connectivity index (χ3n) is 0.730. The molecule has 0 aromatic rings. The van der Waals surface area contributed by atoms with Crippen molar-refractivity contribution in [3.05, 3.63) is 12.7 Å². The molecule has 5 nitrogen and oxygen atoms in total. The normalized spacial score (nSPS) is 14.7. The van der Waals surface area contributed by atoms with Crippen LogP contribution in [0.25, 0.3) is 0 Å². The first-order valence-corrected chi connectivity index (χ1v) is 4.34. The van der Waals surface area contributed by atoms with Crippen LogP contribution in [0.4, 0.5) is 0 Å². The topological polar surface area (TPSA) is 89.8 Å². The van der Waals surface area contributed by atoms with E-state index >= 15 is 0 Å². The van der Waals surface area contributed by atoms with Crippen molar-refractivity contribution in [2.75, 3.05) is 6.29 Å². The monoisotopic (exact) mass is 167 g/mol. The maximum atomic E-state index is 10.1. The Balaban J connectivity index is 3.55. The van der Waals surface area contributed by atoms with Gasteiger partial charge in [-0.3, -0.25) is 9.88 Å². The van der Waals surface area contributed by atoms with Crippen LogP contribution in [0.5, 0.6) is 0 Å². The Morgan fingerprint density at radius 1 is 1.70 bits per heavy atom. The van der Waals surface area contributed by atoms with Crippen LogP contribution >= 0.6 is 7.60 Å². The minimum atomic E-state index is -4.05. The van der Waals surface area contributed by atoms with Gasteiger partial charge in [-0.2, -0.15) is 0 Å². The molecule has 0 fully saturated rings. The van der Waals surface area contributed by atoms with Crippen LogP contribution in [0, 0.1) is 0 Å². The van der Waals surface area contributed by atoms with E-state index in [1.54, 1.807) is 0 Å². The highest BCUT2D eigenvalue weighted by Crippen LogP contribution is 2.31. The van der Waals surface area contributed by atoms with Crippen molar-refractivity contribution in [2.24, 2.45) is 0 Å². The fourth-order valence-corrected chi connectivity index (χ4v) is 0.721. The first-order valence-electron chi connectivity index (χ1n) is 2.54. The summed E-state index contributed by atoms with van der Waals surface area (Å²) < 4.78 is 10.1. The van der Waals surface area contributed by atoms with Gasteiger partial charge in [-0.05, 0) is 6.08 Å². The summed E-state index contributed by atoms with van der Waals surface area (Å²) in [6.07, 6.45) is -0.469. The summed E-state index contributed by atoms with van der Waals surface area (Å²) in [6, 6.07) is 0. The van der Waals surface area contributed by atoms with E-state index in [1.807, 2.05) is 0 Å². The number of aliphatic hydroxyl groups excluding tert-OH is 1. The Morgan fingerprint density at radius 2 is 2.20 bits per heavy atom. The van der Waals surface area contributed by atoms with Gasteiger partial charge in [-0.1, -0.05) is 6.58 Å². The average Bonchev–Trinajstić information content (AvgIpc) is 1.81. The molecule has 0 saturated heterocycles. The summed E-state index contributed by atoms with van der Waals surface area (Å²) in [5, 5.41) is 10.8. The Morgan fingerprint density at radius 3 is 2.50 bits per heavy atom. The SMILES string of the molecule is C=CC(O)NCP(=O)(O)O. The van der Waals surface area contributed by atoms with Gasteiger partial charge in [0, 0.05) is 0 Å². The molecule has 6 heteroatoms. The van der Waals surface area contributed by atoms with Crippen molar-refractivity contribution in [2.45, 2.75) is 6.23 Å². The summed E-state index contributed by atoms with van der Waals surface area (Å²) in [4.78, 5) is 16.5. The number of nitrogens with one attached hydrogen (secondary N) is 1. The maximum Gasteiger partial charge on any atom is 0.339 e. The van der Waals surface area contributed by atoms with Crippen LogP contribution < -0.4 is 5.32 Å². The standard InChI is InChI=1S/C4H10NO4P/c1-2-4(6)5-3-10(7,8)9/h2,4-6H,1,3H2,(H2,7,8,9). The molecule has 1 unspecified atom stereocenters. The molecule has 0 amide bonds. The summed E-state index contributed by atoms with van der Waals surface area (Å²) in [5.41, 5.74) is 0. The number of hydrogen-bond donors (Lipinski definition) is 4. The van der Waals surface area contributed by atoms with Crippen molar-refractivity contribution >= 4 is 7.60 Å². The second-order valence-electron chi connectivity index (χ2n) is 1.71. The molecule has 0 rings (SSSR count). The highest BCUT2D eigenvalue weighted by molar-refractivity contribution is 7.51. The van der Waals surface area contributed by atoms with Gasteiger partial charge in [-0.15, -0.1) is 0 Å². The quantitative estimate of drug-likeness (QED) is 0.250. The lowest BCUT2D eigenvalue weighted by Crippen LogP contribution is -2.27. The second-order valence-corrected chi connectivity index (χ2v) is 3.35. The Kier molecular flexibility index (Phi) is 3.78. The molecular weight excluding hydrogens is 157 g/mol. The van der Waals surface area contributed by atoms with Crippen molar-refractivity contribution in [1.29, 1.82) is 0 Å². The molecule has 10 heavy (non-hydrogen) atoms. The number of aliphatic hydroxyl groups is 1. The molecular formula is C4H10NO4P. The Bertz CT molecular complexity index is 153. The van der Waals surface area contributed by atoms with Crippen LogP contribution in [0.3, 0.4) is 0 Å². The summed E-state index contributed by atoms with van der Waals surface area (Å²) in [5.74, 6) is 0. The van der Waals surface area contributed by atoms with Crippen molar-refractivity contribution in [3.63, 3.8) is 0 Å². The van der Waals surface area contributed by atoms with Crippen molar-refractivity contribution < 1.29 is 19.5 Å². The van der Waals surface area contributed by atoms with Gasteiger partial charge in [0.25, 0.3) is 0 Å². The van der Waals surface area contributed by atoms with E-state index in [0.717, 1.165) is 6.08 Å². The minimum Gasteiger partial charge on any atom is -0.375 e. The third-order valence-corrected chi connectivity index (χ3v) is 1.32. The molecule has 0 heterocycles. The lowest BCUT2D eigenvalue weighted by molar-refractivity contribution is 0.188. The van der Waals surface area contributed by atoms with E-state index < -0.39 is 20.1 Å². The number of rotatable bonds is 4. The summed E-state index contributed by atoms with van der Waals surface area (Å²) >= 11 is 0. The van der Waals surface area contributed by atoms with Gasteiger partial charge in [0.05, 0.1) is 0 Å². The van der Waals surface area contributed by atoms with E-state index in [-0.39, 0.29) is 0 Å². The van der Waals surface area contributed by atoms with E-state index in [4.69, 9.17) is 14.9 Å². The summed E-state index contributed by atoms with van der Waals surface area (Å²) in [7, 11) is -4.05. The van der Waals surface area contributed by atoms with E-state index in [0.29, 0.717) is 0 Å². The fourth-order valence-electron chi connectivity index (χ4n) is 0.296. The molecule has 4 N–H and O–H groups in total. The first kappa shape index (κ1) is 9.81. The van der Waals surface area contributed by atoms with Gasteiger partial charge in [-0.25, -0.2) is 0 Å². The molecule has 60 valence electrons. The molecule has 0 saturated carbocycles. The second kappa shape index (κ2) is 3.85. The lowest BCUT2D eigenvalue weighted by atomic mass is 10.6. The molecule has 0 radical (unpaired) electrons. The van der Waals surface area contributed by atoms with Crippen LogP contribution in [-0.4, -0.2) is 27.4 Å². The molecule has 0 aliphatic rings. The van der Waals surface area contributed by atoms with Gasteiger partial charge in [0.15, 0.2) is 0 Å². The molecule has 0 aromatic heterocycles. The zero-order chi connectivity index (χ0) is 8.20. The Labute approximate surface area is 58.5 Å². The molecule has 0 aliphatic carbocycles. The van der Waals surface area contributed by atoms with E-state index in [2.05, 4.69) is 11.9 Å². The highest BCUT2D eigenvalue weighted by atomic mass is 31.2. The Hall–Kier alpha value is -0.190. The zero-order valence-corrected chi connectivity index (χ0v) is 6.16. The van der Waals surface area contributed by atoms with Gasteiger partial charge >= 0.3 is 7.60 Å². The van der Waals surface area contributed by atoms with Crippen LogP contribution in [0.1, 0.15) is 0 Å².